The summed E-state index contributed by atoms with van der Waals surface area (Å²) in [6, 6.07) is 5.53. The molecule has 138 valence electrons. The fourth-order valence-electron chi connectivity index (χ4n) is 3.46. The third kappa shape index (κ3) is 3.01. The van der Waals surface area contributed by atoms with Gasteiger partial charge < -0.3 is 40.6 Å². The molecular formula is C17H24N2O6. The standard InChI is InChI=1S/C17H24N2O6/c1-24-10-4-2-3-9-12(10)8(5-6-18)13(19-9)17-16(23)15(22)14(21)11(7-20)25-17/h2-4,11,14-17,19-23H,5-7,18H2,1H3/t11-,14-,15+,16-,17+/m1/s1. The van der Waals surface area contributed by atoms with Gasteiger partial charge in [0, 0.05) is 10.9 Å². The molecule has 1 aliphatic rings. The summed E-state index contributed by atoms with van der Waals surface area (Å²) >= 11 is 0. The van der Waals surface area contributed by atoms with Gasteiger partial charge in [-0.2, -0.15) is 0 Å². The molecule has 2 heterocycles. The van der Waals surface area contributed by atoms with E-state index in [1.165, 1.54) is 0 Å². The maximum atomic E-state index is 10.4. The summed E-state index contributed by atoms with van der Waals surface area (Å²) in [5, 5.41) is 40.7. The molecule has 3 rings (SSSR count). The molecule has 1 aliphatic heterocycles. The first-order valence-electron chi connectivity index (χ1n) is 8.21. The van der Waals surface area contributed by atoms with Crippen LogP contribution < -0.4 is 10.5 Å². The van der Waals surface area contributed by atoms with E-state index in [0.29, 0.717) is 24.4 Å². The van der Waals surface area contributed by atoms with Gasteiger partial charge in [0.25, 0.3) is 0 Å². The largest absolute Gasteiger partial charge is 0.496 e. The molecule has 25 heavy (non-hydrogen) atoms. The third-order valence-electron chi connectivity index (χ3n) is 4.71. The van der Waals surface area contributed by atoms with E-state index in [4.69, 9.17) is 15.2 Å². The lowest BCUT2D eigenvalue weighted by Gasteiger charge is -2.40. The van der Waals surface area contributed by atoms with Crippen LogP contribution in [-0.2, 0) is 11.2 Å². The van der Waals surface area contributed by atoms with Gasteiger partial charge in [0.05, 0.1) is 19.4 Å². The summed E-state index contributed by atoms with van der Waals surface area (Å²) in [5.74, 6) is 0.660. The fraction of sp³-hybridized carbons (Fsp3) is 0.529. The van der Waals surface area contributed by atoms with E-state index in [1.54, 1.807) is 7.11 Å². The highest BCUT2D eigenvalue weighted by atomic mass is 16.5. The molecule has 0 bridgehead atoms. The monoisotopic (exact) mass is 352 g/mol. The second-order valence-corrected chi connectivity index (χ2v) is 6.19. The van der Waals surface area contributed by atoms with Crippen LogP contribution in [0.4, 0.5) is 0 Å². The van der Waals surface area contributed by atoms with Crippen LogP contribution >= 0.6 is 0 Å². The number of aromatic amines is 1. The van der Waals surface area contributed by atoms with Crippen molar-refractivity contribution in [3.63, 3.8) is 0 Å². The first-order chi connectivity index (χ1) is 12.0. The predicted octanol–water partition coefficient (Wildman–Crippen LogP) is -0.807. The highest BCUT2D eigenvalue weighted by Crippen LogP contribution is 2.39. The highest BCUT2D eigenvalue weighted by Gasteiger charge is 2.45. The van der Waals surface area contributed by atoms with Gasteiger partial charge in [-0.15, -0.1) is 0 Å². The Morgan fingerprint density at radius 1 is 1.20 bits per heavy atom. The molecule has 1 saturated heterocycles. The first-order valence-corrected chi connectivity index (χ1v) is 8.21. The summed E-state index contributed by atoms with van der Waals surface area (Å²) in [4.78, 5) is 3.21. The molecule has 0 radical (unpaired) electrons. The summed E-state index contributed by atoms with van der Waals surface area (Å²) in [6.45, 7) is -0.105. The van der Waals surface area contributed by atoms with Crippen LogP contribution in [0.3, 0.4) is 0 Å². The summed E-state index contributed by atoms with van der Waals surface area (Å²) < 4.78 is 11.1. The maximum Gasteiger partial charge on any atom is 0.128 e. The number of H-pyrrole nitrogens is 1. The molecule has 1 aromatic heterocycles. The van der Waals surface area contributed by atoms with Crippen LogP contribution in [0.25, 0.3) is 10.9 Å². The molecule has 0 spiro atoms. The Morgan fingerprint density at radius 3 is 2.60 bits per heavy atom. The van der Waals surface area contributed by atoms with E-state index in [9.17, 15) is 20.4 Å². The number of rotatable bonds is 5. The van der Waals surface area contributed by atoms with Crippen molar-refractivity contribution in [1.29, 1.82) is 0 Å². The predicted molar refractivity (Wildman–Crippen MR) is 90.3 cm³/mol. The Balaban J connectivity index is 2.12. The highest BCUT2D eigenvalue weighted by molar-refractivity contribution is 5.90. The van der Waals surface area contributed by atoms with Crippen LogP contribution in [0, 0.1) is 0 Å². The summed E-state index contributed by atoms with van der Waals surface area (Å²) in [7, 11) is 1.57. The SMILES string of the molecule is COc1cccc2[nH]c([C@@H]3O[C@H](CO)[C@@H](O)[C@H](O)[C@H]3O)c(CCN)c12. The molecule has 0 saturated carbocycles. The molecule has 8 nitrogen and oxygen atoms in total. The molecule has 8 heteroatoms. The van der Waals surface area contributed by atoms with Crippen molar-refractivity contribution in [3.8, 4) is 5.75 Å². The van der Waals surface area contributed by atoms with E-state index in [-0.39, 0.29) is 0 Å². The van der Waals surface area contributed by atoms with Crippen molar-refractivity contribution in [3.05, 3.63) is 29.5 Å². The number of hydrogen-bond acceptors (Lipinski definition) is 7. The normalized spacial score (nSPS) is 29.9. The molecular weight excluding hydrogens is 328 g/mol. The number of nitrogens with one attached hydrogen (secondary N) is 1. The van der Waals surface area contributed by atoms with E-state index in [2.05, 4.69) is 4.98 Å². The van der Waals surface area contributed by atoms with Crippen LogP contribution in [-0.4, -0.2) is 70.1 Å². The Morgan fingerprint density at radius 2 is 1.96 bits per heavy atom. The molecule has 7 N–H and O–H groups in total. The average molecular weight is 352 g/mol. The average Bonchev–Trinajstić information content (AvgIpc) is 2.99. The van der Waals surface area contributed by atoms with Gasteiger partial charge in [-0.05, 0) is 30.7 Å². The van der Waals surface area contributed by atoms with E-state index in [1.807, 2.05) is 18.2 Å². The number of aliphatic hydroxyl groups excluding tert-OH is 4. The van der Waals surface area contributed by atoms with Crippen LogP contribution in [0.15, 0.2) is 18.2 Å². The Bertz CT molecular complexity index is 731. The van der Waals surface area contributed by atoms with Crippen LogP contribution in [0.1, 0.15) is 17.4 Å². The molecule has 0 aliphatic carbocycles. The number of hydrogen-bond donors (Lipinski definition) is 6. The van der Waals surface area contributed by atoms with Crippen molar-refractivity contribution in [1.82, 2.24) is 4.98 Å². The zero-order chi connectivity index (χ0) is 18.1. The minimum atomic E-state index is -1.44. The summed E-state index contributed by atoms with van der Waals surface area (Å²) in [6.07, 6.45) is -5.59. The summed E-state index contributed by atoms with van der Waals surface area (Å²) in [5.41, 5.74) is 7.91. The zero-order valence-electron chi connectivity index (χ0n) is 13.9. The molecule has 1 aromatic carbocycles. The van der Waals surface area contributed by atoms with Gasteiger partial charge in [-0.3, -0.25) is 0 Å². The topological polar surface area (TPSA) is 141 Å². The third-order valence-corrected chi connectivity index (χ3v) is 4.71. The lowest BCUT2D eigenvalue weighted by atomic mass is 9.91. The van der Waals surface area contributed by atoms with Gasteiger partial charge in [-0.1, -0.05) is 6.07 Å². The number of benzene rings is 1. The quantitative estimate of drug-likeness (QED) is 0.413. The Kier molecular flexibility index (Phi) is 5.28. The number of fused-ring (bicyclic) bond motifs is 1. The number of methoxy groups -OCH3 is 1. The van der Waals surface area contributed by atoms with Gasteiger partial charge in [0.1, 0.15) is 36.3 Å². The minimum Gasteiger partial charge on any atom is -0.496 e. The zero-order valence-corrected chi connectivity index (χ0v) is 13.9. The van der Waals surface area contributed by atoms with Gasteiger partial charge in [0.2, 0.25) is 0 Å². The van der Waals surface area contributed by atoms with Gasteiger partial charge in [-0.25, -0.2) is 0 Å². The lowest BCUT2D eigenvalue weighted by Crippen LogP contribution is -2.55. The number of nitrogens with two attached hydrogens (primary N) is 1. The number of aliphatic hydroxyl groups is 4. The maximum absolute atomic E-state index is 10.4. The van der Waals surface area contributed by atoms with Crippen molar-refractivity contribution >= 4 is 10.9 Å². The van der Waals surface area contributed by atoms with E-state index in [0.717, 1.165) is 16.5 Å². The molecule has 0 amide bonds. The molecule has 5 atom stereocenters. The minimum absolute atomic E-state index is 0.370. The van der Waals surface area contributed by atoms with Crippen molar-refractivity contribution in [2.75, 3.05) is 20.3 Å². The van der Waals surface area contributed by atoms with Gasteiger partial charge >= 0.3 is 0 Å². The first kappa shape index (κ1) is 18.1. The fourth-order valence-corrected chi connectivity index (χ4v) is 3.46. The smallest absolute Gasteiger partial charge is 0.128 e. The van der Waals surface area contributed by atoms with Gasteiger partial charge in [0.15, 0.2) is 0 Å². The lowest BCUT2D eigenvalue weighted by molar-refractivity contribution is -0.232. The number of aromatic nitrogens is 1. The van der Waals surface area contributed by atoms with Crippen molar-refractivity contribution in [2.45, 2.75) is 36.9 Å². The number of ether oxygens (including phenoxy) is 2. The second-order valence-electron chi connectivity index (χ2n) is 6.19. The Hall–Kier alpha value is -1.68. The van der Waals surface area contributed by atoms with Crippen LogP contribution in [0.5, 0.6) is 5.75 Å². The van der Waals surface area contributed by atoms with Crippen LogP contribution in [0.2, 0.25) is 0 Å². The Labute approximate surface area is 144 Å². The molecule has 1 fully saturated rings. The molecule has 2 aromatic rings. The van der Waals surface area contributed by atoms with E-state index >= 15 is 0 Å². The van der Waals surface area contributed by atoms with Crippen molar-refractivity contribution < 1.29 is 29.9 Å². The van der Waals surface area contributed by atoms with E-state index < -0.39 is 37.1 Å². The second kappa shape index (κ2) is 7.28. The molecule has 0 unspecified atom stereocenters. The van der Waals surface area contributed by atoms with Crippen molar-refractivity contribution in [2.24, 2.45) is 5.73 Å².